The van der Waals surface area contributed by atoms with Crippen molar-refractivity contribution in [1.82, 2.24) is 0 Å². The normalized spacial score (nSPS) is 12.5. The van der Waals surface area contributed by atoms with E-state index in [1.807, 2.05) is 0 Å². The second-order valence-electron chi connectivity index (χ2n) is 2.87. The number of nitrogens with zero attached hydrogens (tertiary/aromatic N) is 1. The van der Waals surface area contributed by atoms with Crippen molar-refractivity contribution in [3.8, 4) is 11.8 Å². The maximum Gasteiger partial charge on any atom is 0.257 e. The van der Waals surface area contributed by atoms with Gasteiger partial charge in [0, 0.05) is 5.56 Å². The van der Waals surface area contributed by atoms with Crippen molar-refractivity contribution in [3.05, 3.63) is 29.1 Å². The molecule has 6 heteroatoms. The van der Waals surface area contributed by atoms with E-state index in [9.17, 15) is 13.2 Å². The number of aromatic hydroxyl groups is 1. The van der Waals surface area contributed by atoms with Gasteiger partial charge in [-0.15, -0.1) is 0 Å². The Morgan fingerprint density at radius 1 is 1.40 bits per heavy atom. The number of hydrogen-bond donors (Lipinski definition) is 2. The van der Waals surface area contributed by atoms with Crippen LogP contribution >= 0.6 is 0 Å². The van der Waals surface area contributed by atoms with E-state index in [0.717, 1.165) is 12.1 Å². The van der Waals surface area contributed by atoms with Gasteiger partial charge in [-0.05, 0) is 12.1 Å². The molecular formula is C9H7F3N2O. The van der Waals surface area contributed by atoms with E-state index in [2.05, 4.69) is 0 Å². The zero-order chi connectivity index (χ0) is 11.6. The molecule has 3 N–H and O–H groups in total. The maximum absolute atomic E-state index is 12.9. The van der Waals surface area contributed by atoms with Gasteiger partial charge < -0.3 is 10.8 Å². The van der Waals surface area contributed by atoms with Gasteiger partial charge in [-0.25, -0.2) is 13.2 Å². The Labute approximate surface area is 83.5 Å². The highest BCUT2D eigenvalue weighted by molar-refractivity contribution is 5.44. The van der Waals surface area contributed by atoms with Gasteiger partial charge in [-0.3, -0.25) is 0 Å². The molecule has 0 saturated heterocycles. The van der Waals surface area contributed by atoms with Crippen LogP contribution in [0.5, 0.6) is 5.75 Å². The molecule has 0 aliphatic heterocycles. The molecule has 0 aliphatic carbocycles. The van der Waals surface area contributed by atoms with Crippen molar-refractivity contribution in [3.63, 3.8) is 0 Å². The molecule has 15 heavy (non-hydrogen) atoms. The average Bonchev–Trinajstić information content (AvgIpc) is 2.20. The van der Waals surface area contributed by atoms with Crippen molar-refractivity contribution < 1.29 is 18.3 Å². The van der Waals surface area contributed by atoms with E-state index in [1.165, 1.54) is 0 Å². The van der Waals surface area contributed by atoms with E-state index >= 15 is 0 Å². The second kappa shape index (κ2) is 4.19. The summed E-state index contributed by atoms with van der Waals surface area (Å²) in [5, 5.41) is 17.6. The molecule has 0 bridgehead atoms. The minimum atomic E-state index is -2.94. The monoisotopic (exact) mass is 216 g/mol. The van der Waals surface area contributed by atoms with Crippen LogP contribution in [0.15, 0.2) is 12.1 Å². The van der Waals surface area contributed by atoms with Gasteiger partial charge in [-0.2, -0.15) is 5.26 Å². The molecule has 1 atom stereocenters. The number of alkyl halides is 2. The van der Waals surface area contributed by atoms with E-state index < -0.39 is 29.6 Å². The lowest BCUT2D eigenvalue weighted by Crippen LogP contribution is -2.19. The number of rotatable bonds is 2. The van der Waals surface area contributed by atoms with Crippen LogP contribution in [0, 0.1) is 17.1 Å². The fourth-order valence-corrected chi connectivity index (χ4v) is 1.07. The molecule has 0 fully saturated rings. The van der Waals surface area contributed by atoms with Gasteiger partial charge in [0.2, 0.25) is 0 Å². The van der Waals surface area contributed by atoms with Crippen LogP contribution in [-0.4, -0.2) is 11.5 Å². The Balaban J connectivity index is 3.29. The zero-order valence-electron chi connectivity index (χ0n) is 7.42. The third-order valence-electron chi connectivity index (χ3n) is 1.85. The molecule has 0 amide bonds. The number of nitriles is 1. The lowest BCUT2D eigenvalue weighted by Gasteiger charge is -2.13. The number of phenols is 1. The highest BCUT2D eigenvalue weighted by atomic mass is 19.3. The van der Waals surface area contributed by atoms with Crippen molar-refractivity contribution in [2.75, 3.05) is 0 Å². The highest BCUT2D eigenvalue weighted by Crippen LogP contribution is 2.30. The largest absolute Gasteiger partial charge is 0.505 e. The number of benzene rings is 1. The topological polar surface area (TPSA) is 70.0 Å². The highest BCUT2D eigenvalue weighted by Gasteiger charge is 2.23. The molecule has 0 spiro atoms. The van der Waals surface area contributed by atoms with Crippen LogP contribution < -0.4 is 5.73 Å². The molecule has 1 rings (SSSR count). The third-order valence-corrected chi connectivity index (χ3v) is 1.85. The quantitative estimate of drug-likeness (QED) is 0.789. The van der Waals surface area contributed by atoms with E-state index in [-0.39, 0.29) is 5.56 Å². The standard InChI is InChI=1S/C9H7F3N2O/c10-6-2-4(3-13)1-5(8(6)15)7(14)9(11)12/h1-2,7,9,15H,14H2/t7-/m0/s1. The summed E-state index contributed by atoms with van der Waals surface area (Å²) in [4.78, 5) is 0. The molecular weight excluding hydrogens is 209 g/mol. The van der Waals surface area contributed by atoms with Crippen LogP contribution in [0.3, 0.4) is 0 Å². The summed E-state index contributed by atoms with van der Waals surface area (Å²) in [6.45, 7) is 0. The number of nitrogens with two attached hydrogens (primary N) is 1. The van der Waals surface area contributed by atoms with Crippen LogP contribution in [-0.2, 0) is 0 Å². The van der Waals surface area contributed by atoms with Crippen LogP contribution in [0.4, 0.5) is 13.2 Å². The van der Waals surface area contributed by atoms with Crippen LogP contribution in [0.25, 0.3) is 0 Å². The lowest BCUT2D eigenvalue weighted by atomic mass is 10.0. The Bertz CT molecular complexity index is 415. The van der Waals surface area contributed by atoms with Crippen molar-refractivity contribution >= 4 is 0 Å². The SMILES string of the molecule is N#Cc1cc(F)c(O)c([C@H](N)C(F)F)c1. The van der Waals surface area contributed by atoms with E-state index in [0.29, 0.717) is 0 Å². The molecule has 0 aliphatic rings. The molecule has 0 saturated carbocycles. The summed E-state index contributed by atoms with van der Waals surface area (Å²) in [5.74, 6) is -2.08. The summed E-state index contributed by atoms with van der Waals surface area (Å²) in [7, 11) is 0. The zero-order valence-corrected chi connectivity index (χ0v) is 7.42. The van der Waals surface area contributed by atoms with Gasteiger partial charge in [0.1, 0.15) is 0 Å². The third kappa shape index (κ3) is 2.19. The molecule has 80 valence electrons. The van der Waals surface area contributed by atoms with Crippen LogP contribution in [0.1, 0.15) is 17.2 Å². The van der Waals surface area contributed by atoms with Gasteiger partial charge in [0.25, 0.3) is 6.43 Å². The predicted molar refractivity (Wildman–Crippen MR) is 45.7 cm³/mol. The minimum absolute atomic E-state index is 0.170. The first kappa shape index (κ1) is 11.3. The first-order chi connectivity index (χ1) is 6.97. The van der Waals surface area contributed by atoms with Crippen molar-refractivity contribution in [2.24, 2.45) is 5.73 Å². The van der Waals surface area contributed by atoms with Gasteiger partial charge in [-0.1, -0.05) is 0 Å². The molecule has 1 aromatic carbocycles. The summed E-state index contributed by atoms with van der Waals surface area (Å²) < 4.78 is 37.4. The first-order valence-electron chi connectivity index (χ1n) is 3.93. The molecule has 0 aromatic heterocycles. The summed E-state index contributed by atoms with van der Waals surface area (Å²) in [6.07, 6.45) is -2.94. The fourth-order valence-electron chi connectivity index (χ4n) is 1.07. The summed E-state index contributed by atoms with van der Waals surface area (Å²) in [6, 6.07) is 1.45. The lowest BCUT2D eigenvalue weighted by molar-refractivity contribution is 0.115. The predicted octanol–water partition coefficient (Wildman–Crippen LogP) is 1.67. The Morgan fingerprint density at radius 2 is 2.00 bits per heavy atom. The maximum atomic E-state index is 12.9. The number of halogens is 3. The van der Waals surface area contributed by atoms with Gasteiger partial charge >= 0.3 is 0 Å². The van der Waals surface area contributed by atoms with Gasteiger partial charge in [0.05, 0.1) is 17.7 Å². The Kier molecular flexibility index (Phi) is 3.17. The molecule has 0 unspecified atom stereocenters. The Hall–Kier alpha value is -1.74. The number of phenolic OH excluding ortho intramolecular Hbond substituents is 1. The van der Waals surface area contributed by atoms with E-state index in [4.69, 9.17) is 16.1 Å². The summed E-state index contributed by atoms with van der Waals surface area (Å²) in [5.41, 5.74) is 4.40. The molecule has 0 radical (unpaired) electrons. The smallest absolute Gasteiger partial charge is 0.257 e. The van der Waals surface area contributed by atoms with Crippen molar-refractivity contribution in [1.29, 1.82) is 5.26 Å². The number of hydrogen-bond acceptors (Lipinski definition) is 3. The second-order valence-corrected chi connectivity index (χ2v) is 2.87. The fraction of sp³-hybridized carbons (Fsp3) is 0.222. The first-order valence-corrected chi connectivity index (χ1v) is 3.93. The van der Waals surface area contributed by atoms with Gasteiger partial charge in [0.15, 0.2) is 11.6 Å². The minimum Gasteiger partial charge on any atom is -0.505 e. The summed E-state index contributed by atoms with van der Waals surface area (Å²) >= 11 is 0. The average molecular weight is 216 g/mol. The molecule has 3 nitrogen and oxygen atoms in total. The molecule has 1 aromatic rings. The Morgan fingerprint density at radius 3 is 2.47 bits per heavy atom. The van der Waals surface area contributed by atoms with Crippen LogP contribution in [0.2, 0.25) is 0 Å². The van der Waals surface area contributed by atoms with E-state index in [1.54, 1.807) is 6.07 Å². The molecule has 0 heterocycles. The van der Waals surface area contributed by atoms with Crippen molar-refractivity contribution in [2.45, 2.75) is 12.5 Å².